The molecule has 13 heavy (non-hydrogen) atoms. The predicted molar refractivity (Wildman–Crippen MR) is 47.3 cm³/mol. The van der Waals surface area contributed by atoms with Crippen molar-refractivity contribution in [2.45, 2.75) is 26.4 Å². The summed E-state index contributed by atoms with van der Waals surface area (Å²) in [7, 11) is 0. The molecule has 0 bridgehead atoms. The van der Waals surface area contributed by atoms with Crippen molar-refractivity contribution >= 4 is 11.5 Å². The molecule has 0 saturated carbocycles. The van der Waals surface area contributed by atoms with Crippen LogP contribution < -0.4 is 5.73 Å². The third-order valence-corrected chi connectivity index (χ3v) is 1.36. The molecule has 6 heteroatoms. The maximum Gasteiger partial charge on any atom is 0.224 e. The Bertz CT molecular complexity index is 254. The van der Waals surface area contributed by atoms with Gasteiger partial charge in [0, 0.05) is 0 Å². The molecule has 0 rings (SSSR count). The lowest BCUT2D eigenvalue weighted by Crippen LogP contribution is -2.23. The quantitative estimate of drug-likeness (QED) is 0.286. The molecule has 6 nitrogen and oxygen atoms in total. The van der Waals surface area contributed by atoms with Crippen LogP contribution in [0.2, 0.25) is 0 Å². The molecular formula is C7H12N4O2. The highest BCUT2D eigenvalue weighted by Crippen LogP contribution is 1.96. The molecule has 0 spiro atoms. The van der Waals surface area contributed by atoms with Crippen LogP contribution in [0.25, 0.3) is 0 Å². The Kier molecular flexibility index (Phi) is 5.03. The van der Waals surface area contributed by atoms with Gasteiger partial charge in [0.25, 0.3) is 0 Å². The van der Waals surface area contributed by atoms with Crippen molar-refractivity contribution in [2.75, 3.05) is 0 Å². The average Bonchev–Trinajstić information content (AvgIpc) is 2.17. The van der Waals surface area contributed by atoms with E-state index < -0.39 is 0 Å². The summed E-state index contributed by atoms with van der Waals surface area (Å²) in [6, 6.07) is 1.64. The number of nitriles is 1. The van der Waals surface area contributed by atoms with Crippen molar-refractivity contribution in [2.24, 2.45) is 16.0 Å². The van der Waals surface area contributed by atoms with Crippen LogP contribution in [0, 0.1) is 11.3 Å². The Balaban J connectivity index is 4.35. The second-order valence-electron chi connectivity index (χ2n) is 2.36. The summed E-state index contributed by atoms with van der Waals surface area (Å²) in [4.78, 5) is 4.86. The van der Waals surface area contributed by atoms with Gasteiger partial charge in [-0.15, -0.1) is 0 Å². The Morgan fingerprint density at radius 1 is 1.77 bits per heavy atom. The van der Waals surface area contributed by atoms with Crippen LogP contribution in [-0.2, 0) is 4.84 Å². The molecule has 1 atom stereocenters. The number of amidine groups is 1. The van der Waals surface area contributed by atoms with Crippen LogP contribution in [0.3, 0.4) is 0 Å². The lowest BCUT2D eigenvalue weighted by molar-refractivity contribution is 0.0706. The second-order valence-corrected chi connectivity index (χ2v) is 2.36. The first-order valence-electron chi connectivity index (χ1n) is 3.77. The number of hydrogen-bond acceptors (Lipinski definition) is 5. The summed E-state index contributed by atoms with van der Waals surface area (Å²) in [5.41, 5.74) is 4.89. The molecule has 1 unspecified atom stereocenters. The Morgan fingerprint density at radius 3 is 2.77 bits per heavy atom. The largest absolute Gasteiger partial charge is 0.409 e. The zero-order chi connectivity index (χ0) is 10.3. The van der Waals surface area contributed by atoms with Gasteiger partial charge in [0.2, 0.25) is 11.5 Å². The molecule has 0 radical (unpaired) electrons. The number of nitrogens with zero attached hydrogens (tertiary/aromatic N) is 3. The molecule has 72 valence electrons. The van der Waals surface area contributed by atoms with E-state index in [2.05, 4.69) is 10.3 Å². The van der Waals surface area contributed by atoms with Crippen molar-refractivity contribution in [3.63, 3.8) is 0 Å². The van der Waals surface area contributed by atoms with Gasteiger partial charge in [-0.3, -0.25) is 0 Å². The van der Waals surface area contributed by atoms with Gasteiger partial charge in [-0.2, -0.15) is 5.26 Å². The maximum atomic E-state index is 8.48. The highest BCUT2D eigenvalue weighted by Gasteiger charge is 2.06. The number of rotatable bonds is 4. The molecule has 0 aliphatic heterocycles. The summed E-state index contributed by atoms with van der Waals surface area (Å²) >= 11 is 0. The second kappa shape index (κ2) is 5.83. The summed E-state index contributed by atoms with van der Waals surface area (Å²) in [5, 5.41) is 22.8. The topological polar surface area (TPSA) is 104 Å². The Morgan fingerprint density at radius 2 is 2.38 bits per heavy atom. The lowest BCUT2D eigenvalue weighted by Gasteiger charge is -2.05. The van der Waals surface area contributed by atoms with Gasteiger partial charge in [0.05, 0.1) is 0 Å². The van der Waals surface area contributed by atoms with Gasteiger partial charge in [0.15, 0.2) is 0 Å². The van der Waals surface area contributed by atoms with Crippen LogP contribution in [0.4, 0.5) is 0 Å². The number of hydrogen-bond donors (Lipinski definition) is 2. The van der Waals surface area contributed by atoms with Gasteiger partial charge in [0.1, 0.15) is 12.2 Å². The van der Waals surface area contributed by atoms with Gasteiger partial charge < -0.3 is 15.8 Å². The van der Waals surface area contributed by atoms with Crippen molar-refractivity contribution in [1.29, 1.82) is 5.26 Å². The van der Waals surface area contributed by atoms with Crippen LogP contribution in [-0.4, -0.2) is 22.9 Å². The standard InChI is InChI=1S/C7H12N4O2/c1-3-5(2)13-11-6(4-8)7(9)10-12/h5,12H,3H2,1-2H3,(H2,9,10)/b11-6-. The number of oxime groups is 2. The van der Waals surface area contributed by atoms with Crippen LogP contribution in [0.15, 0.2) is 10.3 Å². The van der Waals surface area contributed by atoms with Crippen molar-refractivity contribution in [3.05, 3.63) is 0 Å². The zero-order valence-electron chi connectivity index (χ0n) is 7.56. The predicted octanol–water partition coefficient (Wildman–Crippen LogP) is 0.427. The van der Waals surface area contributed by atoms with Gasteiger partial charge in [-0.05, 0) is 13.3 Å². The molecule has 0 heterocycles. The molecule has 0 aliphatic carbocycles. The first kappa shape index (κ1) is 11.2. The van der Waals surface area contributed by atoms with Crippen LogP contribution >= 0.6 is 0 Å². The van der Waals surface area contributed by atoms with Crippen molar-refractivity contribution in [1.82, 2.24) is 0 Å². The molecule has 0 aromatic carbocycles. The van der Waals surface area contributed by atoms with Gasteiger partial charge in [-0.25, -0.2) is 0 Å². The highest BCUT2D eigenvalue weighted by molar-refractivity contribution is 6.46. The molecule has 3 N–H and O–H groups in total. The Labute approximate surface area is 76.3 Å². The van der Waals surface area contributed by atoms with E-state index in [9.17, 15) is 0 Å². The van der Waals surface area contributed by atoms with Crippen LogP contribution in [0.1, 0.15) is 20.3 Å². The van der Waals surface area contributed by atoms with E-state index in [4.69, 9.17) is 21.0 Å². The molecule has 0 saturated heterocycles. The first-order chi connectivity index (χ1) is 6.15. The first-order valence-corrected chi connectivity index (χ1v) is 3.77. The minimum Gasteiger partial charge on any atom is -0.409 e. The minimum atomic E-state index is -0.356. The summed E-state index contributed by atoms with van der Waals surface area (Å²) < 4.78 is 0. The Hall–Kier alpha value is -1.77. The fraction of sp³-hybridized carbons (Fsp3) is 0.571. The van der Waals surface area contributed by atoms with Crippen molar-refractivity contribution in [3.8, 4) is 6.07 Å². The fourth-order valence-corrected chi connectivity index (χ4v) is 0.389. The van der Waals surface area contributed by atoms with Crippen LogP contribution in [0.5, 0.6) is 0 Å². The lowest BCUT2D eigenvalue weighted by atomic mass is 10.3. The van der Waals surface area contributed by atoms with E-state index in [1.807, 2.05) is 6.92 Å². The van der Waals surface area contributed by atoms with E-state index in [0.29, 0.717) is 0 Å². The van der Waals surface area contributed by atoms with E-state index >= 15 is 0 Å². The summed E-state index contributed by atoms with van der Waals surface area (Å²) in [5.74, 6) is -0.356. The molecular weight excluding hydrogens is 172 g/mol. The third kappa shape index (κ3) is 3.96. The fourth-order valence-electron chi connectivity index (χ4n) is 0.389. The molecule has 0 amide bonds. The molecule has 0 aromatic rings. The average molecular weight is 184 g/mol. The maximum absolute atomic E-state index is 8.48. The van der Waals surface area contributed by atoms with E-state index in [0.717, 1.165) is 6.42 Å². The van der Waals surface area contributed by atoms with E-state index in [-0.39, 0.29) is 17.7 Å². The van der Waals surface area contributed by atoms with Gasteiger partial charge in [-0.1, -0.05) is 17.2 Å². The van der Waals surface area contributed by atoms with Gasteiger partial charge >= 0.3 is 0 Å². The highest BCUT2D eigenvalue weighted by atomic mass is 16.6. The molecule has 0 aromatic heterocycles. The monoisotopic (exact) mass is 184 g/mol. The SMILES string of the molecule is CCC(C)O/N=C(C#N)\C(N)=N/O. The molecule has 0 fully saturated rings. The normalized spacial score (nSPS) is 14.8. The smallest absolute Gasteiger partial charge is 0.224 e. The zero-order valence-corrected chi connectivity index (χ0v) is 7.56. The van der Waals surface area contributed by atoms with E-state index in [1.165, 1.54) is 0 Å². The van der Waals surface area contributed by atoms with E-state index in [1.54, 1.807) is 13.0 Å². The third-order valence-electron chi connectivity index (χ3n) is 1.36. The number of nitrogens with two attached hydrogens (primary N) is 1. The molecule has 0 aliphatic rings. The minimum absolute atomic E-state index is 0.102. The summed E-state index contributed by atoms with van der Waals surface area (Å²) in [6.07, 6.45) is 0.660. The summed E-state index contributed by atoms with van der Waals surface area (Å²) in [6.45, 7) is 3.71. The van der Waals surface area contributed by atoms with Crippen molar-refractivity contribution < 1.29 is 10.0 Å².